The van der Waals surface area contributed by atoms with E-state index in [2.05, 4.69) is 10.6 Å². The lowest BCUT2D eigenvalue weighted by molar-refractivity contribution is -0.140. The first-order valence-corrected chi connectivity index (χ1v) is 7.83. The van der Waals surface area contributed by atoms with Crippen LogP contribution >= 0.6 is 11.3 Å². The maximum atomic E-state index is 12.3. The van der Waals surface area contributed by atoms with Crippen molar-refractivity contribution in [3.05, 3.63) is 16.5 Å². The van der Waals surface area contributed by atoms with Crippen molar-refractivity contribution >= 4 is 40.0 Å². The number of carbonyl (C=O) groups is 4. The number of rotatable bonds is 7. The molecule has 1 aliphatic carbocycles. The summed E-state index contributed by atoms with van der Waals surface area (Å²) in [6.07, 6.45) is 1.16. The van der Waals surface area contributed by atoms with Crippen molar-refractivity contribution < 1.29 is 24.3 Å². The lowest BCUT2D eigenvalue weighted by Crippen LogP contribution is -2.43. The van der Waals surface area contributed by atoms with Gasteiger partial charge in [0.2, 0.25) is 11.8 Å². The topological polar surface area (TPSA) is 139 Å². The quantitative estimate of drug-likeness (QED) is 0.572. The fourth-order valence-electron chi connectivity index (χ4n) is 1.97. The van der Waals surface area contributed by atoms with E-state index in [0.29, 0.717) is 5.00 Å². The summed E-state index contributed by atoms with van der Waals surface area (Å²) in [5, 5.41) is 14.4. The molecular formula is C14H17N3O5S. The molecular weight excluding hydrogens is 322 g/mol. The SMILES string of the molecule is Cc1cc(C(=O)NC(CC(N)=O)C(=O)O)c(NC(=O)C2CC2)s1. The first-order chi connectivity index (χ1) is 10.8. The number of nitrogens with two attached hydrogens (primary N) is 1. The summed E-state index contributed by atoms with van der Waals surface area (Å²) in [6.45, 7) is 1.77. The van der Waals surface area contributed by atoms with Gasteiger partial charge in [0.25, 0.3) is 5.91 Å². The highest BCUT2D eigenvalue weighted by Crippen LogP contribution is 2.33. The van der Waals surface area contributed by atoms with Crippen LogP contribution in [0.5, 0.6) is 0 Å². The summed E-state index contributed by atoms with van der Waals surface area (Å²) in [6, 6.07) is 0.151. The van der Waals surface area contributed by atoms with Crippen LogP contribution in [0.3, 0.4) is 0 Å². The molecule has 23 heavy (non-hydrogen) atoms. The molecule has 1 aromatic heterocycles. The molecule has 0 aliphatic heterocycles. The monoisotopic (exact) mass is 339 g/mol. The molecule has 0 saturated heterocycles. The first kappa shape index (κ1) is 16.9. The zero-order valence-electron chi connectivity index (χ0n) is 12.4. The molecule has 2 rings (SSSR count). The lowest BCUT2D eigenvalue weighted by atomic mass is 10.1. The number of hydrogen-bond acceptors (Lipinski definition) is 5. The molecule has 1 unspecified atom stereocenters. The Balaban J connectivity index is 2.12. The van der Waals surface area contributed by atoms with Gasteiger partial charge in [-0.25, -0.2) is 4.79 Å². The van der Waals surface area contributed by atoms with Gasteiger partial charge >= 0.3 is 5.97 Å². The maximum absolute atomic E-state index is 12.3. The predicted molar refractivity (Wildman–Crippen MR) is 83.1 cm³/mol. The Hall–Kier alpha value is -2.42. The highest BCUT2D eigenvalue weighted by atomic mass is 32.1. The molecule has 8 nitrogen and oxygen atoms in total. The Bertz CT molecular complexity index is 665. The van der Waals surface area contributed by atoms with Crippen LogP contribution in [0.1, 0.15) is 34.5 Å². The molecule has 1 aliphatic rings. The first-order valence-electron chi connectivity index (χ1n) is 7.01. The van der Waals surface area contributed by atoms with Crippen LogP contribution in [-0.2, 0) is 14.4 Å². The van der Waals surface area contributed by atoms with E-state index in [1.165, 1.54) is 11.3 Å². The molecule has 124 valence electrons. The Morgan fingerprint density at radius 2 is 2.04 bits per heavy atom. The number of anilines is 1. The molecule has 1 atom stereocenters. The van der Waals surface area contributed by atoms with Gasteiger partial charge in [0.15, 0.2) is 0 Å². The predicted octanol–water partition coefficient (Wildman–Crippen LogP) is 0.463. The highest BCUT2D eigenvalue weighted by molar-refractivity contribution is 7.16. The minimum absolute atomic E-state index is 0.0186. The van der Waals surface area contributed by atoms with Crippen LogP contribution in [-0.4, -0.2) is 34.8 Å². The van der Waals surface area contributed by atoms with E-state index in [9.17, 15) is 19.2 Å². The van der Waals surface area contributed by atoms with Crippen LogP contribution in [0.25, 0.3) is 0 Å². The Morgan fingerprint density at radius 1 is 1.39 bits per heavy atom. The average molecular weight is 339 g/mol. The van der Waals surface area contributed by atoms with Gasteiger partial charge < -0.3 is 21.5 Å². The van der Waals surface area contributed by atoms with Gasteiger partial charge in [0.1, 0.15) is 11.0 Å². The molecule has 9 heteroatoms. The van der Waals surface area contributed by atoms with Crippen LogP contribution in [0.15, 0.2) is 6.07 Å². The molecule has 0 aromatic carbocycles. The average Bonchev–Trinajstić information content (AvgIpc) is 3.22. The van der Waals surface area contributed by atoms with Crippen LogP contribution in [0.2, 0.25) is 0 Å². The zero-order valence-corrected chi connectivity index (χ0v) is 13.2. The molecule has 1 fully saturated rings. The van der Waals surface area contributed by atoms with Crippen molar-refractivity contribution in [2.75, 3.05) is 5.32 Å². The smallest absolute Gasteiger partial charge is 0.326 e. The highest BCUT2D eigenvalue weighted by Gasteiger charge is 2.31. The van der Waals surface area contributed by atoms with E-state index < -0.39 is 30.2 Å². The van der Waals surface area contributed by atoms with Crippen LogP contribution in [0.4, 0.5) is 5.00 Å². The second-order valence-electron chi connectivity index (χ2n) is 5.40. The second kappa shape index (κ2) is 6.78. The van der Waals surface area contributed by atoms with E-state index in [0.717, 1.165) is 17.7 Å². The summed E-state index contributed by atoms with van der Waals surface area (Å²) in [5.41, 5.74) is 5.16. The molecule has 1 aromatic rings. The summed E-state index contributed by atoms with van der Waals surface area (Å²) in [7, 11) is 0. The standard InChI is InChI=1S/C14H17N3O5S/c1-6-4-8(13(23-6)17-11(19)7-2-3-7)12(20)16-9(14(21)22)5-10(15)18/h4,7,9H,2-3,5H2,1H3,(H2,15,18)(H,16,20)(H,17,19)(H,21,22). The number of nitrogens with one attached hydrogen (secondary N) is 2. The molecule has 1 heterocycles. The molecule has 0 bridgehead atoms. The van der Waals surface area contributed by atoms with Crippen molar-refractivity contribution in [3.8, 4) is 0 Å². The van der Waals surface area contributed by atoms with Crippen molar-refractivity contribution in [2.45, 2.75) is 32.2 Å². The van der Waals surface area contributed by atoms with Gasteiger partial charge in [0.05, 0.1) is 12.0 Å². The normalized spacial score (nSPS) is 14.8. The number of carboxylic acids is 1. The summed E-state index contributed by atoms with van der Waals surface area (Å²) < 4.78 is 0. The van der Waals surface area contributed by atoms with Crippen LogP contribution in [0, 0.1) is 12.8 Å². The van der Waals surface area contributed by atoms with E-state index in [1.807, 2.05) is 0 Å². The van der Waals surface area contributed by atoms with Crippen molar-refractivity contribution in [2.24, 2.45) is 11.7 Å². The van der Waals surface area contributed by atoms with Gasteiger partial charge in [-0.2, -0.15) is 0 Å². The van der Waals surface area contributed by atoms with Gasteiger partial charge in [-0.05, 0) is 25.8 Å². The van der Waals surface area contributed by atoms with Crippen LogP contribution < -0.4 is 16.4 Å². The Labute approximate surface area is 136 Å². The number of carboxylic acid groups (broad SMARTS) is 1. The van der Waals surface area contributed by atoms with E-state index in [1.54, 1.807) is 13.0 Å². The van der Waals surface area contributed by atoms with Gasteiger partial charge in [-0.15, -0.1) is 11.3 Å². The Kier molecular flexibility index (Phi) is 4.99. The third kappa shape index (κ3) is 4.52. The molecule has 1 saturated carbocycles. The molecule has 3 amide bonds. The second-order valence-corrected chi connectivity index (χ2v) is 6.65. The summed E-state index contributed by atoms with van der Waals surface area (Å²) in [4.78, 5) is 46.9. The fourth-order valence-corrected chi connectivity index (χ4v) is 2.88. The number of amides is 3. The van der Waals surface area contributed by atoms with E-state index >= 15 is 0 Å². The number of aliphatic carboxylic acids is 1. The molecule has 5 N–H and O–H groups in total. The minimum Gasteiger partial charge on any atom is -0.480 e. The minimum atomic E-state index is -1.41. The van der Waals surface area contributed by atoms with Crippen molar-refractivity contribution in [1.29, 1.82) is 0 Å². The van der Waals surface area contributed by atoms with E-state index in [4.69, 9.17) is 10.8 Å². The maximum Gasteiger partial charge on any atom is 0.326 e. The third-order valence-corrected chi connectivity index (χ3v) is 4.26. The number of hydrogen-bond donors (Lipinski definition) is 4. The lowest BCUT2D eigenvalue weighted by Gasteiger charge is -2.13. The fraction of sp³-hybridized carbons (Fsp3) is 0.429. The number of carbonyl (C=O) groups excluding carboxylic acids is 3. The largest absolute Gasteiger partial charge is 0.480 e. The number of aryl methyl sites for hydroxylation is 1. The number of primary amides is 1. The zero-order chi connectivity index (χ0) is 17.1. The van der Waals surface area contributed by atoms with Gasteiger partial charge in [0, 0.05) is 10.8 Å². The van der Waals surface area contributed by atoms with Crippen molar-refractivity contribution in [1.82, 2.24) is 5.32 Å². The Morgan fingerprint density at radius 3 is 2.57 bits per heavy atom. The number of thiophene rings is 1. The van der Waals surface area contributed by atoms with E-state index in [-0.39, 0.29) is 17.4 Å². The molecule has 0 spiro atoms. The van der Waals surface area contributed by atoms with Crippen molar-refractivity contribution in [3.63, 3.8) is 0 Å². The third-order valence-electron chi connectivity index (χ3n) is 3.29. The molecule has 0 radical (unpaired) electrons. The van der Waals surface area contributed by atoms with Gasteiger partial charge in [-0.3, -0.25) is 14.4 Å². The van der Waals surface area contributed by atoms with Gasteiger partial charge in [-0.1, -0.05) is 0 Å². The summed E-state index contributed by atoms with van der Waals surface area (Å²) in [5.74, 6) is -3.02. The summed E-state index contributed by atoms with van der Waals surface area (Å²) >= 11 is 1.23.